The molecule has 1 amide bonds. The Balaban J connectivity index is 1.90. The minimum Gasteiger partial charge on any atom is -0.340 e. The van der Waals surface area contributed by atoms with Gasteiger partial charge in [-0.1, -0.05) is 19.3 Å². The summed E-state index contributed by atoms with van der Waals surface area (Å²) < 4.78 is 23.8. The molecule has 0 aromatic heterocycles. The fourth-order valence-electron chi connectivity index (χ4n) is 3.34. The number of hydrogen-bond donors (Lipinski definition) is 2. The topological polar surface area (TPSA) is 95.7 Å². The number of hydrogen-bond acceptors (Lipinski definition) is 4. The maximum absolute atomic E-state index is 12.5. The quantitative estimate of drug-likeness (QED) is 0.740. The first-order chi connectivity index (χ1) is 9.86. The molecule has 0 aromatic rings. The SMILES string of the molecule is CNC1(CC(=O)N2CCN(S(N)(=O)=O)CC2)CCCCC1. The van der Waals surface area contributed by atoms with E-state index in [4.69, 9.17) is 5.14 Å². The summed E-state index contributed by atoms with van der Waals surface area (Å²) in [6.07, 6.45) is 6.13. The van der Waals surface area contributed by atoms with Crippen molar-refractivity contribution < 1.29 is 13.2 Å². The largest absolute Gasteiger partial charge is 0.340 e. The zero-order valence-corrected chi connectivity index (χ0v) is 13.5. The van der Waals surface area contributed by atoms with Crippen molar-refractivity contribution in [1.82, 2.24) is 14.5 Å². The van der Waals surface area contributed by atoms with Crippen LogP contribution in [0.15, 0.2) is 0 Å². The Morgan fingerprint density at radius 1 is 1.14 bits per heavy atom. The lowest BCUT2D eigenvalue weighted by Crippen LogP contribution is -2.55. The predicted molar refractivity (Wildman–Crippen MR) is 80.8 cm³/mol. The van der Waals surface area contributed by atoms with E-state index in [1.54, 1.807) is 4.90 Å². The first-order valence-electron chi connectivity index (χ1n) is 7.61. The average Bonchev–Trinajstić information content (AvgIpc) is 2.47. The number of nitrogens with zero attached hydrogens (tertiary/aromatic N) is 2. The van der Waals surface area contributed by atoms with Crippen LogP contribution < -0.4 is 10.5 Å². The summed E-state index contributed by atoms with van der Waals surface area (Å²) in [5, 5.41) is 8.46. The van der Waals surface area contributed by atoms with Crippen LogP contribution in [0.3, 0.4) is 0 Å². The molecule has 3 N–H and O–H groups in total. The number of amides is 1. The summed E-state index contributed by atoms with van der Waals surface area (Å²) in [6.45, 7) is 1.43. The van der Waals surface area contributed by atoms with Crippen molar-refractivity contribution in [3.8, 4) is 0 Å². The third-order valence-corrected chi connectivity index (χ3v) is 5.87. The summed E-state index contributed by atoms with van der Waals surface area (Å²) in [5.41, 5.74) is -0.0770. The molecule has 1 aliphatic carbocycles. The van der Waals surface area contributed by atoms with Gasteiger partial charge in [0.2, 0.25) is 5.91 Å². The minimum atomic E-state index is -3.64. The predicted octanol–water partition coefficient (Wildman–Crippen LogP) is -0.353. The molecule has 1 heterocycles. The van der Waals surface area contributed by atoms with Gasteiger partial charge in [0, 0.05) is 38.1 Å². The van der Waals surface area contributed by atoms with Crippen molar-refractivity contribution in [1.29, 1.82) is 0 Å². The first kappa shape index (κ1) is 16.7. The summed E-state index contributed by atoms with van der Waals surface area (Å²) in [6, 6.07) is 0. The molecule has 2 fully saturated rings. The average molecular weight is 318 g/mol. The lowest BCUT2D eigenvalue weighted by molar-refractivity contribution is -0.134. The fourth-order valence-corrected chi connectivity index (χ4v) is 4.01. The molecule has 0 atom stereocenters. The van der Waals surface area contributed by atoms with Gasteiger partial charge in [0.1, 0.15) is 0 Å². The Kier molecular flexibility index (Phi) is 5.24. The maximum Gasteiger partial charge on any atom is 0.277 e. The van der Waals surface area contributed by atoms with E-state index in [1.165, 1.54) is 10.7 Å². The van der Waals surface area contributed by atoms with Crippen LogP contribution in [-0.4, -0.2) is 62.3 Å². The zero-order valence-electron chi connectivity index (χ0n) is 12.7. The number of piperazine rings is 1. The van der Waals surface area contributed by atoms with E-state index in [1.807, 2.05) is 7.05 Å². The fraction of sp³-hybridized carbons (Fsp3) is 0.923. The van der Waals surface area contributed by atoms with Crippen LogP contribution in [0.4, 0.5) is 0 Å². The summed E-state index contributed by atoms with van der Waals surface area (Å²) >= 11 is 0. The van der Waals surface area contributed by atoms with E-state index in [9.17, 15) is 13.2 Å². The second kappa shape index (κ2) is 6.60. The molecule has 0 spiro atoms. The number of nitrogens with one attached hydrogen (secondary N) is 1. The lowest BCUT2D eigenvalue weighted by atomic mass is 9.79. The first-order valence-corrected chi connectivity index (χ1v) is 9.11. The molecule has 2 rings (SSSR count). The molecule has 2 aliphatic rings. The van der Waals surface area contributed by atoms with Crippen LogP contribution in [-0.2, 0) is 15.0 Å². The van der Waals surface area contributed by atoms with E-state index in [2.05, 4.69) is 5.32 Å². The van der Waals surface area contributed by atoms with Gasteiger partial charge in [-0.05, 0) is 19.9 Å². The highest BCUT2D eigenvalue weighted by Crippen LogP contribution is 2.31. The summed E-state index contributed by atoms with van der Waals surface area (Å²) in [7, 11) is -1.71. The van der Waals surface area contributed by atoms with E-state index >= 15 is 0 Å². The van der Waals surface area contributed by atoms with Crippen LogP contribution in [0.25, 0.3) is 0 Å². The number of carbonyl (C=O) groups is 1. The Morgan fingerprint density at radius 3 is 2.19 bits per heavy atom. The van der Waals surface area contributed by atoms with E-state index < -0.39 is 10.2 Å². The molecule has 0 radical (unpaired) electrons. The van der Waals surface area contributed by atoms with Crippen LogP contribution >= 0.6 is 0 Å². The van der Waals surface area contributed by atoms with Gasteiger partial charge < -0.3 is 10.2 Å². The molecular weight excluding hydrogens is 292 g/mol. The van der Waals surface area contributed by atoms with E-state index in [0.29, 0.717) is 19.5 Å². The number of rotatable bonds is 4. The van der Waals surface area contributed by atoms with Gasteiger partial charge in [-0.2, -0.15) is 12.7 Å². The van der Waals surface area contributed by atoms with Crippen molar-refractivity contribution in [3.63, 3.8) is 0 Å². The Morgan fingerprint density at radius 2 is 1.71 bits per heavy atom. The highest BCUT2D eigenvalue weighted by molar-refractivity contribution is 7.86. The second-order valence-electron chi connectivity index (χ2n) is 6.09. The van der Waals surface area contributed by atoms with Gasteiger partial charge in [0.15, 0.2) is 0 Å². The molecule has 7 nitrogen and oxygen atoms in total. The van der Waals surface area contributed by atoms with Crippen LogP contribution in [0.1, 0.15) is 38.5 Å². The summed E-state index contributed by atoms with van der Waals surface area (Å²) in [4.78, 5) is 14.2. The Labute approximate surface area is 127 Å². The molecule has 1 saturated heterocycles. The highest BCUT2D eigenvalue weighted by atomic mass is 32.2. The van der Waals surface area contributed by atoms with Crippen molar-refractivity contribution in [3.05, 3.63) is 0 Å². The van der Waals surface area contributed by atoms with Crippen LogP contribution in [0.5, 0.6) is 0 Å². The minimum absolute atomic E-state index is 0.0770. The molecule has 0 unspecified atom stereocenters. The van der Waals surface area contributed by atoms with Crippen molar-refractivity contribution in [2.45, 2.75) is 44.1 Å². The number of nitrogens with two attached hydrogens (primary N) is 1. The van der Waals surface area contributed by atoms with Gasteiger partial charge in [0.25, 0.3) is 10.2 Å². The van der Waals surface area contributed by atoms with Crippen molar-refractivity contribution >= 4 is 16.1 Å². The molecule has 0 aromatic carbocycles. The van der Waals surface area contributed by atoms with Crippen molar-refractivity contribution in [2.24, 2.45) is 5.14 Å². The zero-order chi connectivity index (χ0) is 15.5. The number of carbonyl (C=O) groups excluding carboxylic acids is 1. The smallest absolute Gasteiger partial charge is 0.277 e. The summed E-state index contributed by atoms with van der Waals surface area (Å²) in [5.74, 6) is 0.111. The normalized spacial score (nSPS) is 24.0. The van der Waals surface area contributed by atoms with Crippen molar-refractivity contribution in [2.75, 3.05) is 33.2 Å². The van der Waals surface area contributed by atoms with Gasteiger partial charge in [0.05, 0.1) is 0 Å². The third-order valence-electron chi connectivity index (χ3n) is 4.78. The van der Waals surface area contributed by atoms with Crippen LogP contribution in [0, 0.1) is 0 Å². The standard InChI is InChI=1S/C13H26N4O3S/c1-15-13(5-3-2-4-6-13)11-12(18)16-7-9-17(10-8-16)21(14,19)20/h15H,2-11H2,1H3,(H2,14,19,20). The Hall–Kier alpha value is -0.700. The van der Waals surface area contributed by atoms with Gasteiger partial charge >= 0.3 is 0 Å². The monoisotopic (exact) mass is 318 g/mol. The molecule has 1 aliphatic heterocycles. The van der Waals surface area contributed by atoms with Crippen LogP contribution in [0.2, 0.25) is 0 Å². The molecule has 122 valence electrons. The second-order valence-corrected chi connectivity index (χ2v) is 7.64. The lowest BCUT2D eigenvalue weighted by Gasteiger charge is -2.39. The molecule has 0 bridgehead atoms. The maximum atomic E-state index is 12.5. The third kappa shape index (κ3) is 4.15. The Bertz CT molecular complexity index is 466. The van der Waals surface area contributed by atoms with Gasteiger partial charge in [-0.3, -0.25) is 4.79 Å². The molecule has 8 heteroatoms. The molecule has 21 heavy (non-hydrogen) atoms. The molecule has 1 saturated carbocycles. The van der Waals surface area contributed by atoms with E-state index in [-0.39, 0.29) is 24.5 Å². The van der Waals surface area contributed by atoms with Gasteiger partial charge in [-0.25, -0.2) is 5.14 Å². The van der Waals surface area contributed by atoms with Gasteiger partial charge in [-0.15, -0.1) is 0 Å². The highest BCUT2D eigenvalue weighted by Gasteiger charge is 2.35. The van der Waals surface area contributed by atoms with E-state index in [0.717, 1.165) is 25.7 Å². The molecular formula is C13H26N4O3S.